The van der Waals surface area contributed by atoms with Crippen LogP contribution >= 0.6 is 8.58 Å². The number of rotatable bonds is 22. The standard InChI is InChI=1S/C14H3F11.C11H20F5P.4C4H9.Al/c1-2-3(4-7(16)11(20)13(22)12(21)8(4)17)5(14(23,24)25)9(18)10(19)6(2)15;1-2-3-4-5-6-7-8-9-17-11(15,16)10(12,13)14;4*1-3-4-2;/h1H3;17H,2-9H2,1H3;4*1,3-4H2,2H3;/q;;;;;;-1/p+1. The zero-order chi connectivity index (χ0) is 45.8. The maximum atomic E-state index is 13.8. The number of benzene rings is 2. The van der Waals surface area contributed by atoms with Crippen molar-refractivity contribution >= 4 is 21.7 Å². The summed E-state index contributed by atoms with van der Waals surface area (Å²) in [6.45, 7) is 11.9. The summed E-state index contributed by atoms with van der Waals surface area (Å²) in [4.78, 5) is 0. The van der Waals surface area contributed by atoms with Crippen LogP contribution in [0.15, 0.2) is 0 Å². The monoisotopic (exact) mass is 914 g/mol. The summed E-state index contributed by atoms with van der Waals surface area (Å²) in [5.74, 6) is -21.2. The molecule has 18 heteroatoms. The van der Waals surface area contributed by atoms with Gasteiger partial charge in [0.05, 0.1) is 20.3 Å². The molecular formula is C41H60AlF16P. The molecule has 344 valence electrons. The van der Waals surface area contributed by atoms with Gasteiger partial charge in [-0.1, -0.05) is 118 Å². The highest BCUT2D eigenvalue weighted by Gasteiger charge is 2.62. The number of halogens is 16. The molecule has 0 saturated carbocycles. The Morgan fingerprint density at radius 2 is 0.746 bits per heavy atom. The Bertz CT molecular complexity index is 1460. The van der Waals surface area contributed by atoms with Crippen molar-refractivity contribution in [3.63, 3.8) is 0 Å². The van der Waals surface area contributed by atoms with Gasteiger partial charge in [-0.15, -0.1) is 0 Å². The third-order valence-corrected chi connectivity index (χ3v) is 18.6. The third kappa shape index (κ3) is 17.9. The van der Waals surface area contributed by atoms with Crippen LogP contribution in [0.1, 0.15) is 142 Å². The molecule has 0 aromatic heterocycles. The van der Waals surface area contributed by atoms with Gasteiger partial charge in [-0.2, -0.15) is 56.3 Å². The van der Waals surface area contributed by atoms with Crippen molar-refractivity contribution < 1.29 is 70.2 Å². The van der Waals surface area contributed by atoms with E-state index in [2.05, 4.69) is 34.6 Å². The number of hydrogen-bond donors (Lipinski definition) is 0. The maximum absolute atomic E-state index is 13.8. The molecular weight excluding hydrogens is 854 g/mol. The number of alkyl halides is 8. The van der Waals surface area contributed by atoms with Crippen LogP contribution in [-0.4, -0.2) is 31.1 Å². The Balaban J connectivity index is 0.000000885. The summed E-state index contributed by atoms with van der Waals surface area (Å²) in [5, 5.41) is 6.62. The van der Waals surface area contributed by atoms with Crippen LogP contribution in [0.3, 0.4) is 0 Å². The van der Waals surface area contributed by atoms with Crippen LogP contribution in [-0.2, 0) is 6.18 Å². The zero-order valence-corrected chi connectivity index (χ0v) is 37.2. The van der Waals surface area contributed by atoms with Crippen LogP contribution in [0.4, 0.5) is 70.2 Å². The molecule has 0 amide bonds. The fourth-order valence-corrected chi connectivity index (χ4v) is 15.0. The Kier molecular flexibility index (Phi) is 26.6. The minimum atomic E-state index is -5.83. The highest BCUT2D eigenvalue weighted by molar-refractivity contribution is 7.39. The largest absolute Gasteiger partial charge is 0.493 e. The lowest BCUT2D eigenvalue weighted by atomic mass is 9.92. The fraction of sp³-hybridized carbons (Fsp3) is 0.707. The second kappa shape index (κ2) is 27.4. The van der Waals surface area contributed by atoms with Crippen LogP contribution in [0.5, 0.6) is 0 Å². The van der Waals surface area contributed by atoms with Gasteiger partial charge in [0.25, 0.3) is 0 Å². The van der Waals surface area contributed by atoms with Crippen molar-refractivity contribution in [1.82, 2.24) is 0 Å². The Morgan fingerprint density at radius 3 is 1.10 bits per heavy atom. The molecule has 1 atom stereocenters. The van der Waals surface area contributed by atoms with E-state index < -0.39 is 108 Å². The first-order valence-electron chi connectivity index (χ1n) is 20.6. The molecule has 2 aromatic carbocycles. The van der Waals surface area contributed by atoms with Crippen LogP contribution in [0, 0.1) is 53.5 Å². The molecule has 0 nitrogen and oxygen atoms in total. The average Bonchev–Trinajstić information content (AvgIpc) is 3.17. The molecule has 2 aromatic rings. The van der Waals surface area contributed by atoms with Gasteiger partial charge in [-0.25, -0.2) is 35.1 Å². The van der Waals surface area contributed by atoms with Crippen molar-refractivity contribution in [2.45, 2.75) is 177 Å². The molecule has 0 spiro atoms. The van der Waals surface area contributed by atoms with Crippen molar-refractivity contribution in [1.29, 1.82) is 0 Å². The lowest BCUT2D eigenvalue weighted by Crippen LogP contribution is -2.33. The van der Waals surface area contributed by atoms with E-state index in [1.165, 1.54) is 51.4 Å². The molecule has 0 radical (unpaired) electrons. The summed E-state index contributed by atoms with van der Waals surface area (Å²) in [6, 6.07) is 0. The Labute approximate surface area is 343 Å². The van der Waals surface area contributed by atoms with E-state index in [1.54, 1.807) is 21.1 Å². The molecule has 0 aliphatic heterocycles. The fourth-order valence-electron chi connectivity index (χ4n) is 7.10. The minimum absolute atomic E-state index is 0.0281. The molecule has 0 bridgehead atoms. The normalized spacial score (nSPS) is 12.5. The van der Waals surface area contributed by atoms with Gasteiger partial charge >= 0.3 is 18.0 Å². The summed E-state index contributed by atoms with van der Waals surface area (Å²) < 4.78 is 207. The first kappa shape index (κ1) is 57.3. The van der Waals surface area contributed by atoms with Gasteiger partial charge in [0.15, 0.2) is 40.7 Å². The van der Waals surface area contributed by atoms with E-state index in [4.69, 9.17) is 0 Å². The quantitative estimate of drug-likeness (QED) is 0.0276. The highest BCUT2D eigenvalue weighted by atomic mass is 31.1. The van der Waals surface area contributed by atoms with Crippen molar-refractivity contribution in [2.75, 3.05) is 6.16 Å². The zero-order valence-electron chi connectivity index (χ0n) is 34.8. The predicted octanol–water partition coefficient (Wildman–Crippen LogP) is 17.7. The van der Waals surface area contributed by atoms with Crippen molar-refractivity contribution in [3.05, 3.63) is 57.7 Å². The second-order valence-corrected chi connectivity index (χ2v) is 22.8. The minimum Gasteiger partial charge on any atom is -0.203 e. The second-order valence-electron chi connectivity index (χ2n) is 15.3. The van der Waals surface area contributed by atoms with E-state index in [0.717, 1.165) is 38.5 Å². The van der Waals surface area contributed by atoms with Gasteiger partial charge in [0, 0.05) is 5.56 Å². The molecule has 0 aliphatic carbocycles. The molecule has 0 N–H and O–H groups in total. The van der Waals surface area contributed by atoms with Crippen LogP contribution in [0.2, 0.25) is 21.1 Å². The summed E-state index contributed by atoms with van der Waals surface area (Å²) in [5.41, 5.74) is -12.9. The molecule has 0 fully saturated rings. The topological polar surface area (TPSA) is 0 Å². The molecule has 0 aliphatic rings. The first-order valence-corrected chi connectivity index (χ1v) is 25.3. The molecule has 0 heterocycles. The van der Waals surface area contributed by atoms with Crippen molar-refractivity contribution in [2.24, 2.45) is 0 Å². The van der Waals surface area contributed by atoms with Gasteiger partial charge in [0.1, 0.15) is 18.6 Å². The summed E-state index contributed by atoms with van der Waals surface area (Å²) in [6.07, 6.45) is 7.22. The van der Waals surface area contributed by atoms with Crippen molar-refractivity contribution in [3.8, 4) is 11.1 Å². The van der Waals surface area contributed by atoms with E-state index in [9.17, 15) is 70.2 Å². The lowest BCUT2D eigenvalue weighted by molar-refractivity contribution is -0.239. The van der Waals surface area contributed by atoms with Gasteiger partial charge < -0.3 is 0 Å². The third-order valence-electron chi connectivity index (χ3n) is 10.6. The smallest absolute Gasteiger partial charge is 0.203 e. The molecule has 1 unspecified atom stereocenters. The number of unbranched alkanes of at least 4 members (excludes halogenated alkanes) is 10. The number of hydrogen-bond acceptors (Lipinski definition) is 0. The molecule has 59 heavy (non-hydrogen) atoms. The van der Waals surface area contributed by atoms with Gasteiger partial charge in [-0.05, 0) is 25.3 Å². The average molecular weight is 915 g/mol. The van der Waals surface area contributed by atoms with E-state index >= 15 is 0 Å². The van der Waals surface area contributed by atoms with E-state index in [0.29, 0.717) is 13.3 Å². The van der Waals surface area contributed by atoms with Crippen LogP contribution in [0.25, 0.3) is 11.1 Å². The van der Waals surface area contributed by atoms with E-state index in [-0.39, 0.29) is 6.16 Å². The summed E-state index contributed by atoms with van der Waals surface area (Å²) >= 11 is -1.20. The predicted molar refractivity (Wildman–Crippen MR) is 209 cm³/mol. The first-order chi connectivity index (χ1) is 27.4. The Morgan fingerprint density at radius 1 is 0.407 bits per heavy atom. The van der Waals surface area contributed by atoms with Crippen LogP contribution < -0.4 is 0 Å². The lowest BCUT2D eigenvalue weighted by Gasteiger charge is -2.36. The SMILES string of the molecule is CCCCCCCCC[PH2+]C(F)(F)C(F)(F)F.CCC[CH2][Al-]([CH2]CCC)([CH2]CCC)[CH2]CCC.Cc1c(F)c(F)c(F)c(C(F)(F)F)c1-c1c(F)c(F)c(F)c(F)c1F. The van der Waals surface area contributed by atoms with Gasteiger partial charge in [-0.3, -0.25) is 0 Å². The highest BCUT2D eigenvalue weighted by Crippen LogP contribution is 2.49. The Hall–Kier alpha value is -1.72. The van der Waals surface area contributed by atoms with Gasteiger partial charge in [0.2, 0.25) is 5.82 Å². The maximum Gasteiger partial charge on any atom is 0.493 e. The van der Waals surface area contributed by atoms with E-state index in [1.807, 2.05) is 0 Å². The molecule has 0 saturated heterocycles. The summed E-state index contributed by atoms with van der Waals surface area (Å²) in [7, 11) is -1.85. The molecule has 2 rings (SSSR count).